The Bertz CT molecular complexity index is 424. The van der Waals surface area contributed by atoms with Gasteiger partial charge in [-0.15, -0.1) is 0 Å². The molecule has 0 aromatic heterocycles. The first-order valence-corrected chi connectivity index (χ1v) is 6.08. The van der Waals surface area contributed by atoms with Crippen LogP contribution < -0.4 is 0 Å². The molecule has 2 heteroatoms. The van der Waals surface area contributed by atoms with E-state index < -0.39 is 0 Å². The van der Waals surface area contributed by atoms with Crippen molar-refractivity contribution in [2.45, 2.75) is 38.8 Å². The fraction of sp³-hybridized carbons (Fsp3) is 0.400. The number of hydrogen-bond donors (Lipinski definition) is 0. The Kier molecular flexibility index (Phi) is 3.32. The summed E-state index contributed by atoms with van der Waals surface area (Å²) < 4.78 is 0. The highest BCUT2D eigenvalue weighted by Crippen LogP contribution is 2.29. The van der Waals surface area contributed by atoms with Gasteiger partial charge < -0.3 is 9.69 Å². The fourth-order valence-electron chi connectivity index (χ4n) is 2.20. The van der Waals surface area contributed by atoms with Crippen LogP contribution in [-0.2, 0) is 11.3 Å². The maximum Gasteiger partial charge on any atom is 0.145 e. The Labute approximate surface area is 103 Å². The van der Waals surface area contributed by atoms with Gasteiger partial charge in [-0.3, -0.25) is 0 Å². The van der Waals surface area contributed by atoms with Crippen LogP contribution in [0.25, 0.3) is 0 Å². The van der Waals surface area contributed by atoms with Gasteiger partial charge in [0, 0.05) is 6.54 Å². The van der Waals surface area contributed by atoms with Crippen LogP contribution in [0, 0.1) is 0 Å². The molecule has 1 aromatic rings. The number of allylic oxidation sites excluding steroid dienone is 1. The topological polar surface area (TPSA) is 20.3 Å². The van der Waals surface area contributed by atoms with Gasteiger partial charge in [-0.1, -0.05) is 35.9 Å². The van der Waals surface area contributed by atoms with E-state index in [9.17, 15) is 4.79 Å². The van der Waals surface area contributed by atoms with Gasteiger partial charge in [-0.25, -0.2) is 0 Å². The molecule has 1 heterocycles. The van der Waals surface area contributed by atoms with Crippen molar-refractivity contribution in [2.75, 3.05) is 0 Å². The van der Waals surface area contributed by atoms with Crippen molar-refractivity contribution in [3.63, 3.8) is 0 Å². The Hall–Kier alpha value is -1.57. The molecule has 0 amide bonds. The third-order valence-electron chi connectivity index (χ3n) is 3.51. The highest BCUT2D eigenvalue weighted by Gasteiger charge is 2.32. The third-order valence-corrected chi connectivity index (χ3v) is 3.51. The van der Waals surface area contributed by atoms with E-state index in [1.54, 1.807) is 0 Å². The predicted molar refractivity (Wildman–Crippen MR) is 69.4 cm³/mol. The number of nitrogens with zero attached hydrogens (tertiary/aromatic N) is 1. The molecule has 1 aliphatic heterocycles. The molecule has 17 heavy (non-hydrogen) atoms. The maximum atomic E-state index is 11.3. The van der Waals surface area contributed by atoms with Crippen LogP contribution in [-0.4, -0.2) is 16.7 Å². The van der Waals surface area contributed by atoms with E-state index in [1.165, 1.54) is 11.1 Å². The van der Waals surface area contributed by atoms with E-state index >= 15 is 0 Å². The zero-order valence-electron chi connectivity index (χ0n) is 10.5. The minimum absolute atomic E-state index is 0.352. The summed E-state index contributed by atoms with van der Waals surface area (Å²) in [5, 5.41) is 0. The molecule has 90 valence electrons. The molecule has 0 radical (unpaired) electrons. The van der Waals surface area contributed by atoms with Gasteiger partial charge in [-0.2, -0.15) is 0 Å². The summed E-state index contributed by atoms with van der Waals surface area (Å²) in [5.74, 6) is 0. The Balaban J connectivity index is 2.22. The molecular formula is C15H19NO. The van der Waals surface area contributed by atoms with Crippen LogP contribution in [0.5, 0.6) is 0 Å². The lowest BCUT2D eigenvalue weighted by molar-refractivity contribution is -0.117. The summed E-state index contributed by atoms with van der Waals surface area (Å²) >= 11 is 0. The summed E-state index contributed by atoms with van der Waals surface area (Å²) in [5.41, 5.74) is 2.24. The van der Waals surface area contributed by atoms with E-state index in [2.05, 4.69) is 30.2 Å². The van der Waals surface area contributed by atoms with Crippen LogP contribution in [0.3, 0.4) is 0 Å². The predicted octanol–water partition coefficient (Wildman–Crippen LogP) is 3.14. The summed E-state index contributed by atoms with van der Waals surface area (Å²) in [7, 11) is 0. The average molecular weight is 229 g/mol. The van der Waals surface area contributed by atoms with Crippen molar-refractivity contribution >= 4 is 6.29 Å². The lowest BCUT2D eigenvalue weighted by atomic mass is 9.89. The molecule has 0 aliphatic carbocycles. The molecule has 0 saturated carbocycles. The van der Waals surface area contributed by atoms with E-state index in [0.717, 1.165) is 25.7 Å². The summed E-state index contributed by atoms with van der Waals surface area (Å²) in [4.78, 5) is 13.5. The number of hydrogen-bond acceptors (Lipinski definition) is 2. The molecule has 1 unspecified atom stereocenters. The van der Waals surface area contributed by atoms with Crippen LogP contribution in [0.4, 0.5) is 0 Å². The van der Waals surface area contributed by atoms with Crippen molar-refractivity contribution in [3.8, 4) is 0 Å². The SMILES string of the molecule is CC1=CN(Cc2ccccc2)C(C)(C=O)CC1. The van der Waals surface area contributed by atoms with Crippen LogP contribution >= 0.6 is 0 Å². The molecule has 0 fully saturated rings. The molecule has 0 bridgehead atoms. The number of rotatable bonds is 3. The average Bonchev–Trinajstić information content (AvgIpc) is 2.35. The largest absolute Gasteiger partial charge is 0.361 e. The van der Waals surface area contributed by atoms with Gasteiger partial charge in [0.25, 0.3) is 0 Å². The van der Waals surface area contributed by atoms with Crippen LogP contribution in [0.15, 0.2) is 42.1 Å². The summed E-state index contributed by atoms with van der Waals surface area (Å²) in [6, 6.07) is 10.3. The van der Waals surface area contributed by atoms with Crippen LogP contribution in [0.1, 0.15) is 32.3 Å². The monoisotopic (exact) mass is 229 g/mol. The Morgan fingerprint density at radius 2 is 2.06 bits per heavy atom. The number of benzene rings is 1. The van der Waals surface area contributed by atoms with Crippen molar-refractivity contribution < 1.29 is 4.79 Å². The molecular weight excluding hydrogens is 210 g/mol. The lowest BCUT2D eigenvalue weighted by Crippen LogP contribution is -2.46. The maximum absolute atomic E-state index is 11.3. The molecule has 2 rings (SSSR count). The number of carbonyl (C=O) groups excluding carboxylic acids is 1. The summed E-state index contributed by atoms with van der Waals surface area (Å²) in [6.45, 7) is 4.95. The van der Waals surface area contributed by atoms with Gasteiger partial charge in [-0.05, 0) is 38.5 Å². The van der Waals surface area contributed by atoms with Gasteiger partial charge in [0.2, 0.25) is 0 Å². The third kappa shape index (κ3) is 2.57. The molecule has 0 saturated heterocycles. The smallest absolute Gasteiger partial charge is 0.145 e. The first-order chi connectivity index (χ1) is 8.14. The lowest BCUT2D eigenvalue weighted by Gasteiger charge is -2.40. The van der Waals surface area contributed by atoms with E-state index in [-0.39, 0.29) is 5.54 Å². The normalized spacial score (nSPS) is 24.4. The fourth-order valence-corrected chi connectivity index (χ4v) is 2.20. The second kappa shape index (κ2) is 4.74. The minimum Gasteiger partial charge on any atom is -0.361 e. The first kappa shape index (κ1) is 11.9. The molecule has 2 nitrogen and oxygen atoms in total. The Morgan fingerprint density at radius 3 is 2.71 bits per heavy atom. The highest BCUT2D eigenvalue weighted by atomic mass is 16.1. The van der Waals surface area contributed by atoms with Gasteiger partial charge in [0.15, 0.2) is 0 Å². The quantitative estimate of drug-likeness (QED) is 0.742. The number of aldehydes is 1. The second-order valence-corrected chi connectivity index (χ2v) is 5.06. The van der Waals surface area contributed by atoms with Crippen molar-refractivity contribution in [3.05, 3.63) is 47.7 Å². The second-order valence-electron chi connectivity index (χ2n) is 5.06. The highest BCUT2D eigenvalue weighted by molar-refractivity contribution is 5.64. The van der Waals surface area contributed by atoms with Crippen molar-refractivity contribution in [2.24, 2.45) is 0 Å². The minimum atomic E-state index is -0.352. The standard InChI is InChI=1S/C15H19NO/c1-13-8-9-15(2,12-17)16(10-13)11-14-6-4-3-5-7-14/h3-7,10,12H,8-9,11H2,1-2H3. The van der Waals surface area contributed by atoms with Gasteiger partial charge in [0.05, 0.1) is 5.54 Å². The molecule has 0 spiro atoms. The molecule has 1 aliphatic rings. The zero-order valence-corrected chi connectivity index (χ0v) is 10.5. The van der Waals surface area contributed by atoms with Crippen LogP contribution in [0.2, 0.25) is 0 Å². The van der Waals surface area contributed by atoms with E-state index in [0.29, 0.717) is 0 Å². The molecule has 0 N–H and O–H groups in total. The Morgan fingerprint density at radius 1 is 1.35 bits per heavy atom. The molecule has 1 aromatic carbocycles. The zero-order chi connectivity index (χ0) is 12.3. The molecule has 1 atom stereocenters. The van der Waals surface area contributed by atoms with Gasteiger partial charge in [0.1, 0.15) is 6.29 Å². The van der Waals surface area contributed by atoms with Crippen molar-refractivity contribution in [1.82, 2.24) is 4.90 Å². The summed E-state index contributed by atoms with van der Waals surface area (Å²) in [6.07, 6.45) is 5.13. The first-order valence-electron chi connectivity index (χ1n) is 6.08. The van der Waals surface area contributed by atoms with E-state index in [4.69, 9.17) is 0 Å². The van der Waals surface area contributed by atoms with E-state index in [1.807, 2.05) is 25.1 Å². The van der Waals surface area contributed by atoms with Gasteiger partial charge >= 0.3 is 0 Å². The van der Waals surface area contributed by atoms with Crippen molar-refractivity contribution in [1.29, 1.82) is 0 Å². The number of carbonyl (C=O) groups is 1.